The first-order valence-corrected chi connectivity index (χ1v) is 13.8. The normalized spacial score (nSPS) is 16.8. The van der Waals surface area contributed by atoms with E-state index in [9.17, 15) is 9.50 Å². The maximum absolute atomic E-state index is 15.6. The molecule has 2 heterocycles. The Labute approximate surface area is 221 Å². The van der Waals surface area contributed by atoms with Gasteiger partial charge in [-0.15, -0.1) is 11.8 Å². The molecule has 1 atom stereocenters. The van der Waals surface area contributed by atoms with Crippen molar-refractivity contribution in [1.29, 1.82) is 0 Å². The standard InChI is InChI=1S/C28H33ClF2N2O2S/c1-35-21-6-7-26-23(17-21)27(24(29)18-32-26)25(31)8-9-28(19-34)10-13-33(14-11-28)12-3-15-36-22-5-2-4-20(30)16-22/h2,4-7,16-18,25,34H,3,8-15,19H2,1H3/t25-/m1/s1. The molecule has 0 unspecified atom stereocenters. The van der Waals surface area contributed by atoms with Crippen molar-refractivity contribution in [3.63, 3.8) is 0 Å². The number of nitrogens with zero attached hydrogens (tertiary/aromatic N) is 2. The molecular weight excluding hydrogens is 502 g/mol. The van der Waals surface area contributed by atoms with Crippen LogP contribution in [0.15, 0.2) is 53.6 Å². The molecule has 4 rings (SSSR count). The lowest BCUT2D eigenvalue weighted by Crippen LogP contribution is -2.42. The minimum Gasteiger partial charge on any atom is -0.497 e. The number of ether oxygens (including phenoxy) is 1. The van der Waals surface area contributed by atoms with E-state index in [4.69, 9.17) is 16.3 Å². The number of aromatic nitrogens is 1. The first-order valence-electron chi connectivity index (χ1n) is 12.4. The highest BCUT2D eigenvalue weighted by Crippen LogP contribution is 2.42. The predicted molar refractivity (Wildman–Crippen MR) is 143 cm³/mol. The van der Waals surface area contributed by atoms with Crippen LogP contribution in [0.4, 0.5) is 8.78 Å². The number of likely N-dealkylation sites (tertiary alicyclic amines) is 1. The molecule has 1 aliphatic rings. The third-order valence-corrected chi connectivity index (χ3v) is 8.63. The van der Waals surface area contributed by atoms with Crippen molar-refractivity contribution in [1.82, 2.24) is 9.88 Å². The zero-order valence-electron chi connectivity index (χ0n) is 20.6. The van der Waals surface area contributed by atoms with Crippen molar-refractivity contribution >= 4 is 34.3 Å². The molecule has 0 amide bonds. The quantitative estimate of drug-likeness (QED) is 0.210. The van der Waals surface area contributed by atoms with Crippen molar-refractivity contribution in [2.24, 2.45) is 5.41 Å². The number of piperidine rings is 1. The van der Waals surface area contributed by atoms with Crippen molar-refractivity contribution < 1.29 is 18.6 Å². The fraction of sp³-hybridized carbons (Fsp3) is 0.464. The van der Waals surface area contributed by atoms with E-state index in [0.717, 1.165) is 49.5 Å². The summed E-state index contributed by atoms with van der Waals surface area (Å²) >= 11 is 8.06. The summed E-state index contributed by atoms with van der Waals surface area (Å²) in [6.07, 6.45) is 3.83. The fourth-order valence-electron chi connectivity index (χ4n) is 4.96. The Morgan fingerprint density at radius 1 is 1.22 bits per heavy atom. The van der Waals surface area contributed by atoms with Gasteiger partial charge >= 0.3 is 0 Å². The fourth-order valence-corrected chi connectivity index (χ4v) is 6.11. The Hall–Kier alpha value is -1.93. The van der Waals surface area contributed by atoms with Gasteiger partial charge < -0.3 is 14.7 Å². The van der Waals surface area contributed by atoms with E-state index < -0.39 is 6.17 Å². The van der Waals surface area contributed by atoms with Crippen LogP contribution >= 0.6 is 23.4 Å². The predicted octanol–water partition coefficient (Wildman–Crippen LogP) is 7.08. The number of aliphatic hydroxyl groups excluding tert-OH is 1. The first kappa shape index (κ1) is 27.1. The number of hydrogen-bond donors (Lipinski definition) is 1. The summed E-state index contributed by atoms with van der Waals surface area (Å²) in [5.74, 6) is 1.36. The maximum atomic E-state index is 15.6. The molecule has 0 aliphatic carbocycles. The molecule has 3 aromatic rings. The van der Waals surface area contributed by atoms with Crippen LogP contribution in [-0.2, 0) is 0 Å². The Morgan fingerprint density at radius 3 is 2.75 bits per heavy atom. The Morgan fingerprint density at radius 2 is 2.03 bits per heavy atom. The summed E-state index contributed by atoms with van der Waals surface area (Å²) in [7, 11) is 1.58. The lowest BCUT2D eigenvalue weighted by Gasteiger charge is -2.41. The van der Waals surface area contributed by atoms with E-state index in [-0.39, 0.29) is 17.8 Å². The van der Waals surface area contributed by atoms with Gasteiger partial charge in [0, 0.05) is 28.6 Å². The number of alkyl halides is 1. The summed E-state index contributed by atoms with van der Waals surface area (Å²) in [6.45, 7) is 2.80. The van der Waals surface area contributed by atoms with E-state index in [1.807, 2.05) is 12.1 Å². The molecule has 0 spiro atoms. The number of rotatable bonds is 11. The second kappa shape index (κ2) is 12.5. The van der Waals surface area contributed by atoms with Gasteiger partial charge in [0.1, 0.15) is 17.7 Å². The Bertz CT molecular complexity index is 1160. The van der Waals surface area contributed by atoms with Crippen LogP contribution in [0.25, 0.3) is 10.9 Å². The molecule has 36 heavy (non-hydrogen) atoms. The first-order chi connectivity index (χ1) is 17.4. The number of benzene rings is 2. The van der Waals surface area contributed by atoms with Gasteiger partial charge in [-0.05, 0) is 99.3 Å². The summed E-state index contributed by atoms with van der Waals surface area (Å²) < 4.78 is 34.2. The third kappa shape index (κ3) is 6.68. The minimum absolute atomic E-state index is 0.0572. The second-order valence-electron chi connectivity index (χ2n) is 9.57. The number of aliphatic hydroxyl groups is 1. The van der Waals surface area contributed by atoms with Gasteiger partial charge in [-0.25, -0.2) is 8.78 Å². The number of fused-ring (bicyclic) bond motifs is 1. The molecule has 194 valence electrons. The zero-order valence-corrected chi connectivity index (χ0v) is 22.1. The molecule has 1 aromatic heterocycles. The minimum atomic E-state index is -1.25. The number of hydrogen-bond acceptors (Lipinski definition) is 5. The van der Waals surface area contributed by atoms with Crippen LogP contribution in [-0.4, -0.2) is 54.1 Å². The van der Waals surface area contributed by atoms with Gasteiger partial charge in [0.2, 0.25) is 0 Å². The molecule has 1 fully saturated rings. The van der Waals surface area contributed by atoms with Gasteiger partial charge in [0.15, 0.2) is 0 Å². The van der Waals surface area contributed by atoms with Crippen LogP contribution in [0.2, 0.25) is 5.02 Å². The lowest BCUT2D eigenvalue weighted by molar-refractivity contribution is 0.0304. The topological polar surface area (TPSA) is 45.6 Å². The van der Waals surface area contributed by atoms with Crippen molar-refractivity contribution in [3.8, 4) is 5.75 Å². The van der Waals surface area contributed by atoms with E-state index in [2.05, 4.69) is 9.88 Å². The van der Waals surface area contributed by atoms with Crippen LogP contribution < -0.4 is 4.74 Å². The molecule has 2 aromatic carbocycles. The number of thioether (sulfide) groups is 1. The summed E-state index contributed by atoms with van der Waals surface area (Å²) in [4.78, 5) is 7.68. The number of pyridine rings is 1. The summed E-state index contributed by atoms with van der Waals surface area (Å²) in [6, 6.07) is 12.1. The molecule has 0 bridgehead atoms. The summed E-state index contributed by atoms with van der Waals surface area (Å²) in [5, 5.41) is 11.2. The highest BCUT2D eigenvalue weighted by atomic mass is 35.5. The molecule has 0 saturated carbocycles. The van der Waals surface area contributed by atoms with Crippen molar-refractivity contribution in [3.05, 3.63) is 65.1 Å². The second-order valence-corrected chi connectivity index (χ2v) is 11.1. The maximum Gasteiger partial charge on any atom is 0.127 e. The van der Waals surface area contributed by atoms with Crippen LogP contribution in [0, 0.1) is 11.2 Å². The molecule has 8 heteroatoms. The van der Waals surface area contributed by atoms with Crippen molar-refractivity contribution in [2.45, 2.75) is 43.2 Å². The van der Waals surface area contributed by atoms with Crippen LogP contribution in [0.1, 0.15) is 43.8 Å². The van der Waals surface area contributed by atoms with Gasteiger partial charge in [0.25, 0.3) is 0 Å². The number of methoxy groups -OCH3 is 1. The van der Waals surface area contributed by atoms with Gasteiger partial charge in [-0.1, -0.05) is 17.7 Å². The zero-order chi connectivity index (χ0) is 25.5. The Kier molecular flexibility index (Phi) is 9.45. The van der Waals surface area contributed by atoms with Crippen LogP contribution in [0.5, 0.6) is 5.75 Å². The average molecular weight is 535 g/mol. The monoisotopic (exact) mass is 534 g/mol. The molecule has 1 N–H and O–H groups in total. The van der Waals surface area contributed by atoms with E-state index >= 15 is 4.39 Å². The van der Waals surface area contributed by atoms with Crippen LogP contribution in [0.3, 0.4) is 0 Å². The summed E-state index contributed by atoms with van der Waals surface area (Å²) in [5.41, 5.74) is 0.852. The smallest absolute Gasteiger partial charge is 0.127 e. The molecule has 1 aliphatic heterocycles. The molecule has 1 saturated heterocycles. The average Bonchev–Trinajstić information content (AvgIpc) is 2.90. The number of halogens is 3. The van der Waals surface area contributed by atoms with Gasteiger partial charge in [-0.3, -0.25) is 4.98 Å². The lowest BCUT2D eigenvalue weighted by atomic mass is 9.74. The van der Waals surface area contributed by atoms with Gasteiger partial charge in [-0.2, -0.15) is 0 Å². The Balaban J connectivity index is 1.29. The van der Waals surface area contributed by atoms with E-state index in [1.54, 1.807) is 43.1 Å². The third-order valence-electron chi connectivity index (χ3n) is 7.25. The van der Waals surface area contributed by atoms with Gasteiger partial charge in [0.05, 0.1) is 17.6 Å². The van der Waals surface area contributed by atoms with E-state index in [0.29, 0.717) is 40.1 Å². The van der Waals surface area contributed by atoms with E-state index in [1.165, 1.54) is 12.3 Å². The largest absolute Gasteiger partial charge is 0.497 e. The highest BCUT2D eigenvalue weighted by Gasteiger charge is 2.35. The molecule has 4 nitrogen and oxygen atoms in total. The molecule has 0 radical (unpaired) electrons. The SMILES string of the molecule is COc1ccc2ncc(Cl)c([C@H](F)CCC3(CO)CCN(CCCSc4cccc(F)c4)CC3)c2c1. The molecular formula is C28H33ClF2N2O2S. The highest BCUT2D eigenvalue weighted by molar-refractivity contribution is 7.99. The van der Waals surface area contributed by atoms with Crippen molar-refractivity contribution in [2.75, 3.05) is 39.1 Å².